The van der Waals surface area contributed by atoms with Crippen molar-refractivity contribution < 1.29 is 64.3 Å². The van der Waals surface area contributed by atoms with Crippen molar-refractivity contribution in [2.45, 2.75) is 0 Å². The molecule has 7 heteroatoms. The van der Waals surface area contributed by atoms with Crippen LogP contribution in [0.4, 0.5) is 12.9 Å². The first-order valence-corrected chi connectivity index (χ1v) is 3.70. The van der Waals surface area contributed by atoms with Crippen LogP contribution >= 0.6 is 0 Å². The Morgan fingerprint density at radius 3 is 2.57 bits per heavy atom. The summed E-state index contributed by atoms with van der Waals surface area (Å²) in [6.45, 7) is -4.97. The summed E-state index contributed by atoms with van der Waals surface area (Å²) in [5.74, 6) is 0. The molecule has 68 valence electrons. The predicted octanol–water partition coefficient (Wildman–Crippen LogP) is -1.61. The van der Waals surface area contributed by atoms with Crippen LogP contribution in [0.15, 0.2) is 30.7 Å². The monoisotopic (exact) mass is 224 g/mol. The molecule has 14 heavy (non-hydrogen) atoms. The number of hydrogen-bond acceptors (Lipinski definition) is 1. The first kappa shape index (κ1) is 12.3. The third kappa shape index (κ3) is 2.22. The molecule has 0 aliphatic carbocycles. The molecule has 0 radical (unpaired) electrons. The van der Waals surface area contributed by atoms with Crippen molar-refractivity contribution in [3.8, 4) is 0 Å². The standard InChI is InChI=1S/C7H5BF3N2.K/c9-8(10,11)6-2-1-4-13-5-3-12-7(6)13;/h1-5H;/q-1;+1. The van der Waals surface area contributed by atoms with Crippen LogP contribution in [-0.2, 0) is 0 Å². The summed E-state index contributed by atoms with van der Waals surface area (Å²) in [7, 11) is 0. The van der Waals surface area contributed by atoms with Gasteiger partial charge in [-0.1, -0.05) is 11.5 Å². The maximum absolute atomic E-state index is 12.4. The Balaban J connectivity index is 0.000000980. The molecule has 0 amide bonds. The van der Waals surface area contributed by atoms with Gasteiger partial charge in [0.05, 0.1) is 0 Å². The third-order valence-corrected chi connectivity index (χ3v) is 1.80. The molecular weight excluding hydrogens is 219 g/mol. The van der Waals surface area contributed by atoms with Gasteiger partial charge in [-0.15, -0.1) is 0 Å². The number of fused-ring (bicyclic) bond motifs is 1. The molecule has 0 bridgehead atoms. The smallest absolute Gasteiger partial charge is 0.445 e. The normalized spacial score (nSPS) is 11.4. The van der Waals surface area contributed by atoms with E-state index in [0.29, 0.717) is 0 Å². The van der Waals surface area contributed by atoms with Crippen LogP contribution in [0.3, 0.4) is 0 Å². The van der Waals surface area contributed by atoms with E-state index in [1.807, 2.05) is 0 Å². The summed E-state index contributed by atoms with van der Waals surface area (Å²) in [5.41, 5.74) is -0.678. The van der Waals surface area contributed by atoms with Crippen molar-refractivity contribution in [3.63, 3.8) is 0 Å². The molecule has 2 heterocycles. The van der Waals surface area contributed by atoms with Crippen molar-refractivity contribution >= 4 is 18.1 Å². The molecule has 2 aromatic heterocycles. The fourth-order valence-electron chi connectivity index (χ4n) is 1.23. The maximum atomic E-state index is 12.4. The van der Waals surface area contributed by atoms with E-state index in [1.54, 1.807) is 0 Å². The molecule has 0 atom stereocenters. The minimum Gasteiger partial charge on any atom is -0.445 e. The van der Waals surface area contributed by atoms with Gasteiger partial charge in [0.25, 0.3) is 0 Å². The van der Waals surface area contributed by atoms with Crippen molar-refractivity contribution in [2.75, 3.05) is 0 Å². The zero-order valence-corrected chi connectivity index (χ0v) is 10.6. The minimum atomic E-state index is -4.97. The topological polar surface area (TPSA) is 17.3 Å². The largest absolute Gasteiger partial charge is 1.00 e. The SMILES string of the molecule is F[B-](F)(F)c1cccn2ccnc12.[K+]. The quantitative estimate of drug-likeness (QED) is 0.533. The number of aromatic nitrogens is 2. The Bertz CT molecular complexity index is 440. The number of imidazole rings is 1. The summed E-state index contributed by atoms with van der Waals surface area (Å²) in [5, 5.41) is 0. The summed E-state index contributed by atoms with van der Waals surface area (Å²) in [6.07, 6.45) is 4.37. The first-order valence-electron chi connectivity index (χ1n) is 3.70. The molecule has 2 aromatic rings. The molecule has 2 rings (SSSR count). The van der Waals surface area contributed by atoms with Crippen LogP contribution in [0.2, 0.25) is 0 Å². The molecule has 0 aliphatic rings. The second-order valence-corrected chi connectivity index (χ2v) is 2.70. The molecule has 0 fully saturated rings. The predicted molar refractivity (Wildman–Crippen MR) is 43.9 cm³/mol. The van der Waals surface area contributed by atoms with E-state index in [2.05, 4.69) is 4.98 Å². The summed E-state index contributed by atoms with van der Waals surface area (Å²) in [6, 6.07) is 2.40. The zero-order chi connectivity index (χ0) is 9.47. The maximum Gasteiger partial charge on any atom is 1.00 e. The van der Waals surface area contributed by atoms with Gasteiger partial charge in [-0.2, -0.15) is 0 Å². The molecule has 0 saturated heterocycles. The van der Waals surface area contributed by atoms with Crippen LogP contribution < -0.4 is 56.8 Å². The number of pyridine rings is 1. The number of halogens is 3. The summed E-state index contributed by atoms with van der Waals surface area (Å²) in [4.78, 5) is 3.64. The Morgan fingerprint density at radius 2 is 1.93 bits per heavy atom. The third-order valence-electron chi connectivity index (χ3n) is 1.80. The molecular formula is C7H5BF3KN2. The fourth-order valence-corrected chi connectivity index (χ4v) is 1.23. The van der Waals surface area contributed by atoms with Gasteiger partial charge in [-0.05, 0) is 6.07 Å². The molecule has 0 N–H and O–H groups in total. The molecule has 0 aromatic carbocycles. The van der Waals surface area contributed by atoms with Gasteiger partial charge in [0.2, 0.25) is 0 Å². The van der Waals surface area contributed by atoms with Crippen molar-refractivity contribution in [3.05, 3.63) is 30.7 Å². The Labute approximate surface area is 121 Å². The van der Waals surface area contributed by atoms with E-state index in [-0.39, 0.29) is 57.0 Å². The van der Waals surface area contributed by atoms with E-state index >= 15 is 0 Å². The van der Waals surface area contributed by atoms with Crippen molar-refractivity contribution in [2.24, 2.45) is 0 Å². The van der Waals surface area contributed by atoms with E-state index in [1.165, 1.54) is 29.1 Å². The second kappa shape index (κ2) is 4.36. The van der Waals surface area contributed by atoms with Gasteiger partial charge in [0, 0.05) is 18.6 Å². The Kier molecular flexibility index (Phi) is 3.82. The molecule has 0 saturated carbocycles. The van der Waals surface area contributed by atoms with Gasteiger partial charge < -0.3 is 17.3 Å². The molecule has 0 spiro atoms. The minimum absolute atomic E-state index is 0. The Morgan fingerprint density at radius 1 is 1.21 bits per heavy atom. The van der Waals surface area contributed by atoms with Crippen LogP contribution in [0.25, 0.3) is 5.65 Å². The zero-order valence-electron chi connectivity index (χ0n) is 7.49. The van der Waals surface area contributed by atoms with Crippen LogP contribution in [0, 0.1) is 0 Å². The molecule has 0 aliphatic heterocycles. The average Bonchev–Trinajstić information content (AvgIpc) is 2.48. The van der Waals surface area contributed by atoms with Gasteiger partial charge in [-0.25, -0.2) is 4.98 Å². The van der Waals surface area contributed by atoms with Crippen LogP contribution in [-0.4, -0.2) is 16.4 Å². The summed E-state index contributed by atoms with van der Waals surface area (Å²) < 4.78 is 38.6. The van der Waals surface area contributed by atoms with Gasteiger partial charge in [0.1, 0.15) is 5.65 Å². The Hall–Kier alpha value is 0.181. The van der Waals surface area contributed by atoms with Crippen molar-refractivity contribution in [1.29, 1.82) is 0 Å². The van der Waals surface area contributed by atoms with Crippen molar-refractivity contribution in [1.82, 2.24) is 9.38 Å². The van der Waals surface area contributed by atoms with Crippen LogP contribution in [0.5, 0.6) is 0 Å². The number of rotatable bonds is 1. The summed E-state index contributed by atoms with van der Waals surface area (Å²) >= 11 is 0. The van der Waals surface area contributed by atoms with Gasteiger partial charge in [-0.3, -0.25) is 0 Å². The molecule has 0 unspecified atom stereocenters. The first-order chi connectivity index (χ1) is 6.09. The average molecular weight is 224 g/mol. The fraction of sp³-hybridized carbons (Fsp3) is 0. The number of nitrogens with zero attached hydrogens (tertiary/aromatic N) is 2. The van der Waals surface area contributed by atoms with E-state index in [4.69, 9.17) is 0 Å². The second-order valence-electron chi connectivity index (χ2n) is 2.70. The van der Waals surface area contributed by atoms with E-state index < -0.39 is 12.4 Å². The van der Waals surface area contributed by atoms with Gasteiger partial charge in [0.15, 0.2) is 0 Å². The van der Waals surface area contributed by atoms with Crippen LogP contribution in [0.1, 0.15) is 0 Å². The van der Waals surface area contributed by atoms with Gasteiger partial charge >= 0.3 is 58.4 Å². The van der Waals surface area contributed by atoms with E-state index in [0.717, 1.165) is 6.07 Å². The molecule has 2 nitrogen and oxygen atoms in total. The number of hydrogen-bond donors (Lipinski definition) is 0. The van der Waals surface area contributed by atoms with E-state index in [9.17, 15) is 12.9 Å².